The second kappa shape index (κ2) is 11.4. The summed E-state index contributed by atoms with van der Waals surface area (Å²) in [5.74, 6) is 0.564. The van der Waals surface area contributed by atoms with Gasteiger partial charge in [-0.25, -0.2) is 4.79 Å². The minimum absolute atomic E-state index is 0.324. The van der Waals surface area contributed by atoms with Gasteiger partial charge in [-0.15, -0.1) is 11.3 Å². The fraction of sp³-hybridized carbons (Fsp3) is 0.308. The van der Waals surface area contributed by atoms with Gasteiger partial charge < -0.3 is 24.6 Å². The SMILES string of the molecule is CCOC(=O)c1cc(-c2ccccc2)sc1NC(=S)N1CCN(c2ccccc2OCC)CC1. The zero-order chi connectivity index (χ0) is 23.9. The molecule has 0 radical (unpaired) electrons. The van der Waals surface area contributed by atoms with E-state index in [1.807, 2.05) is 68.4 Å². The normalized spacial score (nSPS) is 13.5. The second-order valence-electron chi connectivity index (χ2n) is 7.74. The Morgan fingerprint density at radius 1 is 1.00 bits per heavy atom. The Morgan fingerprint density at radius 3 is 2.41 bits per heavy atom. The highest BCUT2D eigenvalue weighted by Crippen LogP contribution is 2.36. The standard InChI is InChI=1S/C26H29N3O3S2/c1-3-31-22-13-9-8-12-21(22)28-14-16-29(17-15-28)26(33)27-24-20(25(30)32-4-2)18-23(34-24)19-10-6-5-7-11-19/h5-13,18H,3-4,14-17H2,1-2H3,(H,27,33). The predicted octanol–water partition coefficient (Wildman–Crippen LogP) is 5.51. The zero-order valence-corrected chi connectivity index (χ0v) is 21.1. The first kappa shape index (κ1) is 24.0. The van der Waals surface area contributed by atoms with Gasteiger partial charge in [-0.2, -0.15) is 0 Å². The van der Waals surface area contributed by atoms with E-state index in [9.17, 15) is 4.79 Å². The summed E-state index contributed by atoms with van der Waals surface area (Å²) in [4.78, 5) is 18.1. The average molecular weight is 496 g/mol. The molecule has 3 aromatic rings. The lowest BCUT2D eigenvalue weighted by atomic mass is 10.1. The molecule has 1 saturated heterocycles. The van der Waals surface area contributed by atoms with E-state index < -0.39 is 0 Å². The third-order valence-corrected chi connectivity index (χ3v) is 7.04. The molecule has 2 heterocycles. The Kier molecular flexibility index (Phi) is 8.03. The Hall–Kier alpha value is -3.10. The van der Waals surface area contributed by atoms with Crippen molar-refractivity contribution in [2.75, 3.05) is 49.6 Å². The van der Waals surface area contributed by atoms with Gasteiger partial charge in [-0.1, -0.05) is 42.5 Å². The van der Waals surface area contributed by atoms with Crippen molar-refractivity contribution in [3.05, 3.63) is 66.2 Å². The number of rotatable bonds is 7. The smallest absolute Gasteiger partial charge is 0.341 e. The second-order valence-corrected chi connectivity index (χ2v) is 9.18. The van der Waals surface area contributed by atoms with Gasteiger partial charge in [0, 0.05) is 31.1 Å². The van der Waals surface area contributed by atoms with Gasteiger partial charge in [0.15, 0.2) is 5.11 Å². The van der Waals surface area contributed by atoms with Crippen molar-refractivity contribution < 1.29 is 14.3 Å². The summed E-state index contributed by atoms with van der Waals surface area (Å²) in [7, 11) is 0. The van der Waals surface area contributed by atoms with Gasteiger partial charge in [-0.05, 0) is 49.8 Å². The Labute approximate surface area is 210 Å². The quantitative estimate of drug-likeness (QED) is 0.343. The maximum Gasteiger partial charge on any atom is 0.341 e. The molecular formula is C26H29N3O3S2. The minimum atomic E-state index is -0.344. The van der Waals surface area contributed by atoms with E-state index in [4.69, 9.17) is 21.7 Å². The lowest BCUT2D eigenvalue weighted by molar-refractivity contribution is 0.0528. The first-order valence-corrected chi connectivity index (χ1v) is 12.7. The van der Waals surface area contributed by atoms with Crippen LogP contribution in [0.1, 0.15) is 24.2 Å². The molecule has 1 aromatic heterocycles. The molecule has 2 aromatic carbocycles. The molecule has 6 nitrogen and oxygen atoms in total. The summed E-state index contributed by atoms with van der Waals surface area (Å²) >= 11 is 7.25. The first-order valence-electron chi connectivity index (χ1n) is 11.5. The van der Waals surface area contributed by atoms with Crippen LogP contribution in [0.2, 0.25) is 0 Å². The number of carbonyl (C=O) groups is 1. The summed E-state index contributed by atoms with van der Waals surface area (Å²) in [6.07, 6.45) is 0. The van der Waals surface area contributed by atoms with E-state index in [1.54, 1.807) is 0 Å². The number of anilines is 2. The van der Waals surface area contributed by atoms with Crippen LogP contribution in [0.15, 0.2) is 60.7 Å². The van der Waals surface area contributed by atoms with Crippen molar-refractivity contribution >= 4 is 45.3 Å². The van der Waals surface area contributed by atoms with E-state index in [0.29, 0.717) is 28.9 Å². The predicted molar refractivity (Wildman–Crippen MR) is 143 cm³/mol. The monoisotopic (exact) mass is 495 g/mol. The molecule has 0 aliphatic carbocycles. The average Bonchev–Trinajstić information content (AvgIpc) is 3.29. The number of nitrogens with one attached hydrogen (secondary N) is 1. The van der Waals surface area contributed by atoms with Gasteiger partial charge in [0.25, 0.3) is 0 Å². The molecule has 1 N–H and O–H groups in total. The van der Waals surface area contributed by atoms with Crippen LogP contribution < -0.4 is 15.0 Å². The summed E-state index contributed by atoms with van der Waals surface area (Å²) in [5, 5.41) is 4.66. The number of hydrogen-bond donors (Lipinski definition) is 1. The van der Waals surface area contributed by atoms with Crippen LogP contribution in [0.25, 0.3) is 10.4 Å². The maximum absolute atomic E-state index is 12.6. The van der Waals surface area contributed by atoms with E-state index >= 15 is 0 Å². The fourth-order valence-electron chi connectivity index (χ4n) is 3.91. The van der Waals surface area contributed by atoms with Crippen molar-refractivity contribution in [1.29, 1.82) is 0 Å². The molecule has 4 rings (SSSR count). The van der Waals surface area contributed by atoms with Gasteiger partial charge >= 0.3 is 5.97 Å². The van der Waals surface area contributed by atoms with E-state index in [2.05, 4.69) is 21.2 Å². The Morgan fingerprint density at radius 2 is 1.71 bits per heavy atom. The number of thiocarbonyl (C=S) groups is 1. The molecule has 1 aliphatic heterocycles. The molecule has 1 fully saturated rings. The highest BCUT2D eigenvalue weighted by molar-refractivity contribution is 7.80. The summed E-state index contributed by atoms with van der Waals surface area (Å²) in [5.41, 5.74) is 2.68. The van der Waals surface area contributed by atoms with Crippen LogP contribution in [0.4, 0.5) is 10.7 Å². The molecule has 0 bridgehead atoms. The minimum Gasteiger partial charge on any atom is -0.492 e. The largest absolute Gasteiger partial charge is 0.492 e. The molecule has 34 heavy (non-hydrogen) atoms. The highest BCUT2D eigenvalue weighted by atomic mass is 32.1. The number of piperazine rings is 1. The number of nitrogens with zero attached hydrogens (tertiary/aromatic N) is 2. The number of thiophene rings is 1. The van der Waals surface area contributed by atoms with Gasteiger partial charge in [-0.3, -0.25) is 0 Å². The molecule has 0 amide bonds. The number of carbonyl (C=O) groups excluding carboxylic acids is 1. The number of hydrogen-bond acceptors (Lipinski definition) is 6. The fourth-order valence-corrected chi connectivity index (χ4v) is 5.31. The third kappa shape index (κ3) is 5.51. The van der Waals surface area contributed by atoms with E-state index in [-0.39, 0.29) is 5.97 Å². The van der Waals surface area contributed by atoms with Crippen molar-refractivity contribution in [2.45, 2.75) is 13.8 Å². The molecule has 178 valence electrons. The maximum atomic E-state index is 12.6. The van der Waals surface area contributed by atoms with Gasteiger partial charge in [0.1, 0.15) is 10.8 Å². The molecule has 8 heteroatoms. The van der Waals surface area contributed by atoms with Crippen LogP contribution in [-0.4, -0.2) is 55.4 Å². The van der Waals surface area contributed by atoms with Crippen molar-refractivity contribution in [3.63, 3.8) is 0 Å². The zero-order valence-electron chi connectivity index (χ0n) is 19.5. The Bertz CT molecular complexity index is 1130. The van der Waals surface area contributed by atoms with Crippen molar-refractivity contribution in [3.8, 4) is 16.2 Å². The number of para-hydroxylation sites is 2. The van der Waals surface area contributed by atoms with Crippen LogP contribution in [0, 0.1) is 0 Å². The topological polar surface area (TPSA) is 54.0 Å². The molecular weight excluding hydrogens is 466 g/mol. The summed E-state index contributed by atoms with van der Waals surface area (Å²) in [6.45, 7) is 7.98. The third-order valence-electron chi connectivity index (χ3n) is 5.58. The molecule has 0 spiro atoms. The number of esters is 1. The number of ether oxygens (including phenoxy) is 2. The highest BCUT2D eigenvalue weighted by Gasteiger charge is 2.24. The summed E-state index contributed by atoms with van der Waals surface area (Å²) < 4.78 is 11.1. The van der Waals surface area contributed by atoms with E-state index in [1.165, 1.54) is 11.3 Å². The lowest BCUT2D eigenvalue weighted by Gasteiger charge is -2.37. The lowest BCUT2D eigenvalue weighted by Crippen LogP contribution is -2.50. The molecule has 0 unspecified atom stereocenters. The van der Waals surface area contributed by atoms with Gasteiger partial charge in [0.2, 0.25) is 0 Å². The van der Waals surface area contributed by atoms with Gasteiger partial charge in [0.05, 0.1) is 24.5 Å². The van der Waals surface area contributed by atoms with Crippen LogP contribution in [-0.2, 0) is 4.74 Å². The molecule has 0 saturated carbocycles. The summed E-state index contributed by atoms with van der Waals surface area (Å²) in [6, 6.07) is 20.0. The van der Waals surface area contributed by atoms with Crippen LogP contribution >= 0.6 is 23.6 Å². The van der Waals surface area contributed by atoms with Crippen LogP contribution in [0.5, 0.6) is 5.75 Å². The molecule has 0 atom stereocenters. The Balaban J connectivity index is 1.46. The van der Waals surface area contributed by atoms with Crippen molar-refractivity contribution in [2.24, 2.45) is 0 Å². The van der Waals surface area contributed by atoms with E-state index in [0.717, 1.165) is 48.1 Å². The number of benzene rings is 2. The van der Waals surface area contributed by atoms with Crippen LogP contribution in [0.3, 0.4) is 0 Å². The van der Waals surface area contributed by atoms with Crippen molar-refractivity contribution in [1.82, 2.24) is 4.90 Å². The molecule has 1 aliphatic rings. The first-order chi connectivity index (χ1) is 16.6.